The van der Waals surface area contributed by atoms with Crippen LogP contribution < -0.4 is 10.6 Å². The molecule has 1 aliphatic heterocycles. The number of rotatable bonds is 5. The zero-order chi connectivity index (χ0) is 17.8. The van der Waals surface area contributed by atoms with Gasteiger partial charge in [0, 0.05) is 18.2 Å². The molecule has 1 saturated heterocycles. The van der Waals surface area contributed by atoms with Crippen molar-refractivity contribution in [2.45, 2.75) is 39.3 Å². The second-order valence-electron chi connectivity index (χ2n) is 7.07. The standard InChI is InChI=1S/C18H26N6O/c1-12(2)16(18(25)20-15-11-19-10-9-13(15)3)24-22-17(21-23-24)14-7-5-4-6-8-14/h4-8,12-13,15-16,19H,9-11H2,1-3H3,(H,20,25). The summed E-state index contributed by atoms with van der Waals surface area (Å²) in [7, 11) is 0. The molecule has 1 fully saturated rings. The first-order chi connectivity index (χ1) is 12.1. The second kappa shape index (κ2) is 7.74. The molecule has 7 nitrogen and oxygen atoms in total. The molecule has 25 heavy (non-hydrogen) atoms. The number of carbonyl (C=O) groups is 1. The molecule has 0 spiro atoms. The van der Waals surface area contributed by atoms with E-state index in [1.165, 1.54) is 4.80 Å². The first-order valence-corrected chi connectivity index (χ1v) is 8.92. The number of amides is 1. The minimum Gasteiger partial charge on any atom is -0.350 e. The van der Waals surface area contributed by atoms with E-state index in [1.54, 1.807) is 0 Å². The Morgan fingerprint density at radius 2 is 2.08 bits per heavy atom. The molecule has 1 amide bonds. The van der Waals surface area contributed by atoms with Gasteiger partial charge < -0.3 is 10.6 Å². The summed E-state index contributed by atoms with van der Waals surface area (Å²) in [4.78, 5) is 14.3. The first kappa shape index (κ1) is 17.5. The van der Waals surface area contributed by atoms with Gasteiger partial charge in [0.1, 0.15) is 0 Å². The van der Waals surface area contributed by atoms with Crippen LogP contribution in [0.15, 0.2) is 30.3 Å². The van der Waals surface area contributed by atoms with Gasteiger partial charge in [-0.25, -0.2) is 0 Å². The monoisotopic (exact) mass is 342 g/mol. The Labute approximate surface area is 148 Å². The van der Waals surface area contributed by atoms with Crippen LogP contribution in [0.1, 0.15) is 33.2 Å². The number of piperidine rings is 1. The van der Waals surface area contributed by atoms with Gasteiger partial charge in [0.2, 0.25) is 11.7 Å². The fourth-order valence-electron chi connectivity index (χ4n) is 3.17. The summed E-state index contributed by atoms with van der Waals surface area (Å²) in [6.07, 6.45) is 1.07. The van der Waals surface area contributed by atoms with Crippen molar-refractivity contribution in [1.82, 2.24) is 30.8 Å². The van der Waals surface area contributed by atoms with E-state index in [0.29, 0.717) is 11.7 Å². The van der Waals surface area contributed by atoms with E-state index in [1.807, 2.05) is 44.2 Å². The first-order valence-electron chi connectivity index (χ1n) is 8.92. The van der Waals surface area contributed by atoms with E-state index in [9.17, 15) is 4.79 Å². The van der Waals surface area contributed by atoms with Crippen molar-refractivity contribution in [2.24, 2.45) is 11.8 Å². The van der Waals surface area contributed by atoms with E-state index in [-0.39, 0.29) is 17.9 Å². The molecule has 1 aromatic carbocycles. The minimum absolute atomic E-state index is 0.0486. The van der Waals surface area contributed by atoms with Gasteiger partial charge in [-0.15, -0.1) is 10.2 Å². The number of tetrazole rings is 1. The molecular weight excluding hydrogens is 316 g/mol. The average Bonchev–Trinajstić information content (AvgIpc) is 3.07. The molecule has 1 aromatic heterocycles. The van der Waals surface area contributed by atoms with Crippen LogP contribution >= 0.6 is 0 Å². The fourth-order valence-corrected chi connectivity index (χ4v) is 3.17. The molecule has 2 N–H and O–H groups in total. The largest absolute Gasteiger partial charge is 0.350 e. The summed E-state index contributed by atoms with van der Waals surface area (Å²) in [6, 6.07) is 9.33. The summed E-state index contributed by atoms with van der Waals surface area (Å²) >= 11 is 0. The molecule has 0 bridgehead atoms. The predicted octanol–water partition coefficient (Wildman–Crippen LogP) is 1.65. The average molecular weight is 342 g/mol. The number of aromatic nitrogens is 4. The minimum atomic E-state index is -0.473. The Bertz CT molecular complexity index is 699. The molecule has 3 rings (SSSR count). The van der Waals surface area contributed by atoms with E-state index in [0.717, 1.165) is 25.1 Å². The Morgan fingerprint density at radius 3 is 2.76 bits per heavy atom. The number of nitrogens with zero attached hydrogens (tertiary/aromatic N) is 4. The van der Waals surface area contributed by atoms with Gasteiger partial charge in [0.15, 0.2) is 6.04 Å². The summed E-state index contributed by atoms with van der Waals surface area (Å²) in [5.41, 5.74) is 0.891. The molecule has 7 heteroatoms. The molecule has 134 valence electrons. The summed E-state index contributed by atoms with van der Waals surface area (Å²) in [5, 5.41) is 19.2. The topological polar surface area (TPSA) is 84.7 Å². The smallest absolute Gasteiger partial charge is 0.247 e. The van der Waals surface area contributed by atoms with Gasteiger partial charge in [0.25, 0.3) is 0 Å². The number of nitrogens with one attached hydrogen (secondary N) is 2. The third-order valence-electron chi connectivity index (χ3n) is 4.76. The van der Waals surface area contributed by atoms with Crippen molar-refractivity contribution < 1.29 is 4.79 Å². The maximum Gasteiger partial charge on any atom is 0.247 e. The van der Waals surface area contributed by atoms with Crippen molar-refractivity contribution in [3.8, 4) is 11.4 Å². The zero-order valence-electron chi connectivity index (χ0n) is 15.0. The van der Waals surface area contributed by atoms with Gasteiger partial charge in [0.05, 0.1) is 0 Å². The highest BCUT2D eigenvalue weighted by molar-refractivity contribution is 5.80. The van der Waals surface area contributed by atoms with Crippen molar-refractivity contribution in [3.05, 3.63) is 30.3 Å². The van der Waals surface area contributed by atoms with E-state index in [4.69, 9.17) is 0 Å². The summed E-state index contributed by atoms with van der Waals surface area (Å²) < 4.78 is 0. The molecule has 0 saturated carbocycles. The van der Waals surface area contributed by atoms with Gasteiger partial charge >= 0.3 is 0 Å². The summed E-state index contributed by atoms with van der Waals surface area (Å²) in [5.74, 6) is 1.01. The molecule has 2 aromatic rings. The highest BCUT2D eigenvalue weighted by Crippen LogP contribution is 2.20. The van der Waals surface area contributed by atoms with E-state index in [2.05, 4.69) is 33.0 Å². The van der Waals surface area contributed by atoms with Crippen LogP contribution in [0, 0.1) is 11.8 Å². The van der Waals surface area contributed by atoms with Crippen LogP contribution in [0.2, 0.25) is 0 Å². The van der Waals surface area contributed by atoms with Gasteiger partial charge in [-0.3, -0.25) is 4.79 Å². The van der Waals surface area contributed by atoms with Crippen LogP contribution in [0.5, 0.6) is 0 Å². The van der Waals surface area contributed by atoms with Gasteiger partial charge in [-0.2, -0.15) is 4.80 Å². The fraction of sp³-hybridized carbons (Fsp3) is 0.556. The SMILES string of the molecule is CC(C)C(C(=O)NC1CNCCC1C)n1nnc(-c2ccccc2)n1. The highest BCUT2D eigenvalue weighted by Gasteiger charge is 2.31. The van der Waals surface area contributed by atoms with Crippen molar-refractivity contribution in [2.75, 3.05) is 13.1 Å². The lowest BCUT2D eigenvalue weighted by Crippen LogP contribution is -2.52. The number of carbonyl (C=O) groups excluding carboxylic acids is 1. The van der Waals surface area contributed by atoms with Crippen LogP contribution in [-0.4, -0.2) is 45.2 Å². The van der Waals surface area contributed by atoms with E-state index >= 15 is 0 Å². The Kier molecular flexibility index (Phi) is 5.43. The number of hydrogen-bond acceptors (Lipinski definition) is 5. The lowest BCUT2D eigenvalue weighted by atomic mass is 9.94. The second-order valence-corrected chi connectivity index (χ2v) is 7.07. The third kappa shape index (κ3) is 4.04. The summed E-state index contributed by atoms with van der Waals surface area (Å²) in [6.45, 7) is 7.98. The molecular formula is C18H26N6O. The molecule has 3 unspecified atom stereocenters. The molecule has 2 heterocycles. The molecule has 0 aliphatic carbocycles. The lowest BCUT2D eigenvalue weighted by Gasteiger charge is -2.31. The quantitative estimate of drug-likeness (QED) is 0.863. The molecule has 3 atom stereocenters. The Hall–Kier alpha value is -2.28. The zero-order valence-corrected chi connectivity index (χ0v) is 15.0. The molecule has 1 aliphatic rings. The predicted molar refractivity (Wildman–Crippen MR) is 95.7 cm³/mol. The number of benzene rings is 1. The van der Waals surface area contributed by atoms with Gasteiger partial charge in [-0.1, -0.05) is 51.1 Å². The van der Waals surface area contributed by atoms with Gasteiger partial charge in [-0.05, 0) is 30.0 Å². The Morgan fingerprint density at radius 1 is 1.32 bits per heavy atom. The maximum absolute atomic E-state index is 12.9. The van der Waals surface area contributed by atoms with E-state index < -0.39 is 6.04 Å². The van der Waals surface area contributed by atoms with Crippen LogP contribution in [0.4, 0.5) is 0 Å². The maximum atomic E-state index is 12.9. The van der Waals surface area contributed by atoms with Crippen molar-refractivity contribution in [3.63, 3.8) is 0 Å². The number of hydrogen-bond donors (Lipinski definition) is 2. The van der Waals surface area contributed by atoms with Crippen molar-refractivity contribution >= 4 is 5.91 Å². The Balaban J connectivity index is 1.77. The highest BCUT2D eigenvalue weighted by atomic mass is 16.2. The van der Waals surface area contributed by atoms with Crippen LogP contribution in [0.25, 0.3) is 11.4 Å². The normalized spacial score (nSPS) is 21.9. The van der Waals surface area contributed by atoms with Crippen LogP contribution in [0.3, 0.4) is 0 Å². The third-order valence-corrected chi connectivity index (χ3v) is 4.76. The van der Waals surface area contributed by atoms with Crippen molar-refractivity contribution in [1.29, 1.82) is 0 Å². The lowest BCUT2D eigenvalue weighted by molar-refractivity contribution is -0.127. The molecule has 0 radical (unpaired) electrons. The van der Waals surface area contributed by atoms with Crippen LogP contribution in [-0.2, 0) is 4.79 Å².